The molecule has 1 aliphatic heterocycles. The van der Waals surface area contributed by atoms with Crippen molar-refractivity contribution < 1.29 is 14.6 Å². The van der Waals surface area contributed by atoms with E-state index in [4.69, 9.17) is 4.74 Å². The molecule has 1 fully saturated rings. The number of H-pyrrole nitrogens is 1. The number of phenolic OH excluding ortho intramolecular Hbond substituents is 1. The van der Waals surface area contributed by atoms with Crippen LogP contribution in [0.1, 0.15) is 54.5 Å². The van der Waals surface area contributed by atoms with E-state index in [0.717, 1.165) is 31.2 Å². The zero-order chi connectivity index (χ0) is 19.0. The number of carbonyl (C=O) groups is 1. The van der Waals surface area contributed by atoms with Crippen LogP contribution in [0.25, 0.3) is 0 Å². The number of aromatic amines is 1. The molecule has 27 heavy (non-hydrogen) atoms. The Morgan fingerprint density at radius 1 is 1.22 bits per heavy atom. The molecular weight excluding hydrogens is 366 g/mol. The summed E-state index contributed by atoms with van der Waals surface area (Å²) in [5.74, 6) is 1.12. The molecule has 7 nitrogen and oxygen atoms in total. The Morgan fingerprint density at radius 2 is 2.00 bits per heavy atom. The second-order valence-electron chi connectivity index (χ2n) is 7.04. The number of ether oxygens (including phenoxy) is 1. The Morgan fingerprint density at radius 3 is 2.74 bits per heavy atom. The smallest absolute Gasteiger partial charge is 0.270 e. The Kier molecular flexibility index (Phi) is 4.90. The molecule has 0 unspecified atom stereocenters. The molecule has 2 aromatic rings. The molecule has 0 saturated heterocycles. The molecular formula is C19H23N3O4S. The zero-order valence-electron chi connectivity index (χ0n) is 15.2. The first-order chi connectivity index (χ1) is 13.1. The highest BCUT2D eigenvalue weighted by Gasteiger charge is 2.32. The molecule has 2 aliphatic rings. The van der Waals surface area contributed by atoms with Crippen molar-refractivity contribution in [2.24, 2.45) is 0 Å². The van der Waals surface area contributed by atoms with Gasteiger partial charge in [-0.1, -0.05) is 25.3 Å². The number of amides is 1. The Bertz CT molecular complexity index is 914. The number of carbonyl (C=O) groups excluding carboxylic acids is 1. The number of thioether (sulfide) groups is 1. The summed E-state index contributed by atoms with van der Waals surface area (Å²) >= 11 is 1.40. The average molecular weight is 389 g/mol. The Hall–Kier alpha value is -2.35. The normalized spacial score (nSPS) is 20.6. The predicted octanol–water partition coefficient (Wildman–Crippen LogP) is 3.17. The molecule has 0 radical (unpaired) electrons. The molecule has 1 amide bonds. The fourth-order valence-corrected chi connectivity index (χ4v) is 5.09. The molecule has 2 heterocycles. The molecule has 1 aromatic carbocycles. The molecule has 0 bridgehead atoms. The van der Waals surface area contributed by atoms with Crippen LogP contribution in [0, 0.1) is 0 Å². The van der Waals surface area contributed by atoms with Gasteiger partial charge in [0.1, 0.15) is 5.82 Å². The molecule has 4 rings (SSSR count). The number of hydrogen-bond acceptors (Lipinski definition) is 5. The van der Waals surface area contributed by atoms with Gasteiger partial charge in [0.15, 0.2) is 11.5 Å². The number of nitrogens with zero attached hydrogens (tertiary/aromatic N) is 1. The molecule has 1 atom stereocenters. The number of aromatic hydroxyl groups is 1. The van der Waals surface area contributed by atoms with Crippen LogP contribution in [0.2, 0.25) is 0 Å². The van der Waals surface area contributed by atoms with E-state index in [1.165, 1.54) is 25.3 Å². The first-order valence-corrected chi connectivity index (χ1v) is 10.3. The van der Waals surface area contributed by atoms with Crippen molar-refractivity contribution in [3.05, 3.63) is 39.7 Å². The van der Waals surface area contributed by atoms with E-state index < -0.39 is 0 Å². The summed E-state index contributed by atoms with van der Waals surface area (Å²) in [6, 6.07) is 5.26. The maximum absolute atomic E-state index is 12.9. The summed E-state index contributed by atoms with van der Waals surface area (Å²) in [6.07, 6.45) is 5.46. The van der Waals surface area contributed by atoms with E-state index in [-0.39, 0.29) is 34.3 Å². The van der Waals surface area contributed by atoms with Crippen molar-refractivity contribution in [1.29, 1.82) is 0 Å². The van der Waals surface area contributed by atoms with Gasteiger partial charge in [-0.3, -0.25) is 19.4 Å². The van der Waals surface area contributed by atoms with Crippen molar-refractivity contribution in [1.82, 2.24) is 9.78 Å². The number of nitrogens with one attached hydrogen (secondary N) is 2. The number of hydrogen-bond donors (Lipinski definition) is 3. The van der Waals surface area contributed by atoms with Gasteiger partial charge in [0.2, 0.25) is 5.91 Å². The molecule has 3 N–H and O–H groups in total. The van der Waals surface area contributed by atoms with Crippen LogP contribution in [0.4, 0.5) is 5.82 Å². The zero-order valence-corrected chi connectivity index (χ0v) is 16.0. The molecule has 1 aromatic heterocycles. The Labute approximate surface area is 161 Å². The minimum atomic E-state index is -0.318. The van der Waals surface area contributed by atoms with Crippen LogP contribution in [0.15, 0.2) is 23.0 Å². The fourth-order valence-electron chi connectivity index (χ4n) is 3.98. The summed E-state index contributed by atoms with van der Waals surface area (Å²) in [6.45, 7) is 0. The highest BCUT2D eigenvalue weighted by molar-refractivity contribution is 8.00. The molecule has 1 saturated carbocycles. The lowest BCUT2D eigenvalue weighted by Gasteiger charge is -2.24. The van der Waals surface area contributed by atoms with Gasteiger partial charge in [-0.15, -0.1) is 11.8 Å². The van der Waals surface area contributed by atoms with Gasteiger partial charge in [0.25, 0.3) is 5.56 Å². The highest BCUT2D eigenvalue weighted by atomic mass is 32.2. The third-order valence-electron chi connectivity index (χ3n) is 5.31. The van der Waals surface area contributed by atoms with Crippen molar-refractivity contribution in [3.8, 4) is 11.5 Å². The van der Waals surface area contributed by atoms with E-state index in [2.05, 4.69) is 10.4 Å². The van der Waals surface area contributed by atoms with Crippen molar-refractivity contribution >= 4 is 23.5 Å². The van der Waals surface area contributed by atoms with Gasteiger partial charge in [0, 0.05) is 0 Å². The number of methoxy groups -OCH3 is 1. The lowest BCUT2D eigenvalue weighted by molar-refractivity contribution is -0.113. The van der Waals surface area contributed by atoms with Crippen LogP contribution in [0.5, 0.6) is 11.5 Å². The number of fused-ring (bicyclic) bond motifs is 1. The van der Waals surface area contributed by atoms with E-state index in [0.29, 0.717) is 17.1 Å². The molecule has 8 heteroatoms. The minimum absolute atomic E-state index is 0.0444. The van der Waals surface area contributed by atoms with E-state index >= 15 is 0 Å². The second-order valence-corrected chi connectivity index (χ2v) is 8.13. The largest absolute Gasteiger partial charge is 0.504 e. The minimum Gasteiger partial charge on any atom is -0.504 e. The first-order valence-electron chi connectivity index (χ1n) is 9.21. The maximum Gasteiger partial charge on any atom is 0.270 e. The third-order valence-corrected chi connectivity index (χ3v) is 6.58. The summed E-state index contributed by atoms with van der Waals surface area (Å²) in [5.41, 5.74) is 1.20. The fraction of sp³-hybridized carbons (Fsp3) is 0.474. The number of rotatable bonds is 3. The van der Waals surface area contributed by atoms with Gasteiger partial charge in [0.05, 0.1) is 29.7 Å². The van der Waals surface area contributed by atoms with E-state index in [1.807, 2.05) is 4.68 Å². The highest BCUT2D eigenvalue weighted by Crippen LogP contribution is 2.43. The number of phenols is 1. The number of anilines is 1. The van der Waals surface area contributed by atoms with Gasteiger partial charge in [-0.2, -0.15) is 0 Å². The van der Waals surface area contributed by atoms with Crippen LogP contribution in [0.3, 0.4) is 0 Å². The van der Waals surface area contributed by atoms with Crippen molar-refractivity contribution in [3.63, 3.8) is 0 Å². The van der Waals surface area contributed by atoms with E-state index in [9.17, 15) is 14.7 Å². The molecule has 144 valence electrons. The summed E-state index contributed by atoms with van der Waals surface area (Å²) in [4.78, 5) is 25.2. The van der Waals surface area contributed by atoms with Crippen LogP contribution in [-0.2, 0) is 4.79 Å². The summed E-state index contributed by atoms with van der Waals surface area (Å²) in [5, 5.41) is 15.5. The molecule has 0 spiro atoms. The van der Waals surface area contributed by atoms with Gasteiger partial charge in [-0.05, 0) is 30.5 Å². The topological polar surface area (TPSA) is 96.4 Å². The Balaban J connectivity index is 1.81. The predicted molar refractivity (Wildman–Crippen MR) is 105 cm³/mol. The molecule has 1 aliphatic carbocycles. The van der Waals surface area contributed by atoms with Gasteiger partial charge in [-0.25, -0.2) is 0 Å². The average Bonchev–Trinajstić information content (AvgIpc) is 2.89. The van der Waals surface area contributed by atoms with Gasteiger partial charge < -0.3 is 15.2 Å². The van der Waals surface area contributed by atoms with Crippen LogP contribution < -0.4 is 15.6 Å². The lowest BCUT2D eigenvalue weighted by atomic mass is 9.95. The van der Waals surface area contributed by atoms with Crippen molar-refractivity contribution in [2.75, 3.05) is 18.2 Å². The van der Waals surface area contributed by atoms with E-state index in [1.54, 1.807) is 18.2 Å². The van der Waals surface area contributed by atoms with Crippen molar-refractivity contribution in [2.45, 2.75) is 43.4 Å². The van der Waals surface area contributed by atoms with Gasteiger partial charge >= 0.3 is 0 Å². The number of benzene rings is 1. The third kappa shape index (κ3) is 3.34. The standard InChI is InChI=1S/C19H23N3O4S/c1-26-14-9-11(7-8-13(14)23)17-16-18(20-15(24)10-27-17)22(21-19(16)25)12-5-3-2-4-6-12/h7-9,12,17,23H,2-6,10H2,1H3,(H,20,24)(H,21,25)/t17-/m0/s1. The maximum atomic E-state index is 12.9. The quantitative estimate of drug-likeness (QED) is 0.749. The van der Waals surface area contributed by atoms with Crippen LogP contribution >= 0.6 is 11.8 Å². The van der Waals surface area contributed by atoms with Crippen LogP contribution in [-0.4, -0.2) is 33.7 Å². The monoisotopic (exact) mass is 389 g/mol. The second kappa shape index (κ2) is 7.34. The number of aromatic nitrogens is 2. The SMILES string of the molecule is COc1cc([C@@H]2SCC(=O)Nc3c2c(=O)[nH]n3C2CCCCC2)ccc1O. The summed E-state index contributed by atoms with van der Waals surface area (Å²) < 4.78 is 7.08. The summed E-state index contributed by atoms with van der Waals surface area (Å²) in [7, 11) is 1.49. The lowest BCUT2D eigenvalue weighted by Crippen LogP contribution is -2.21. The first kappa shape index (κ1) is 18.0.